The first-order valence-corrected chi connectivity index (χ1v) is 8.16. The van der Waals surface area contributed by atoms with Crippen LogP contribution in [0, 0.1) is 5.92 Å². The summed E-state index contributed by atoms with van der Waals surface area (Å²) in [5, 5.41) is 13.6. The van der Waals surface area contributed by atoms with Gasteiger partial charge in [-0.3, -0.25) is 9.59 Å². The first-order valence-electron chi connectivity index (χ1n) is 8.16. The Bertz CT molecular complexity index is 684. The number of aliphatic carboxylic acids is 1. The summed E-state index contributed by atoms with van der Waals surface area (Å²) in [4.78, 5) is 37.6. The monoisotopic (exact) mass is 319 g/mol. The summed E-state index contributed by atoms with van der Waals surface area (Å²) in [5.41, 5.74) is -0.125. The SMILES string of the molecule is CCn1nc(C(=O)N2[C@@H]3CCCC[C@H]3C[C@H]2C(=O)O)ccc1=O. The molecule has 0 radical (unpaired) electrons. The van der Waals surface area contributed by atoms with Gasteiger partial charge >= 0.3 is 5.97 Å². The van der Waals surface area contributed by atoms with Crippen molar-refractivity contribution in [1.29, 1.82) is 0 Å². The molecule has 3 rings (SSSR count). The summed E-state index contributed by atoms with van der Waals surface area (Å²) in [6.45, 7) is 2.14. The number of rotatable bonds is 3. The van der Waals surface area contributed by atoms with Gasteiger partial charge in [0.2, 0.25) is 0 Å². The number of amides is 1. The van der Waals surface area contributed by atoms with E-state index in [1.807, 2.05) is 0 Å². The zero-order valence-electron chi connectivity index (χ0n) is 13.1. The molecule has 1 saturated carbocycles. The van der Waals surface area contributed by atoms with E-state index in [-0.39, 0.29) is 29.1 Å². The zero-order chi connectivity index (χ0) is 16.6. The van der Waals surface area contributed by atoms with Gasteiger partial charge in [-0.25, -0.2) is 9.48 Å². The lowest BCUT2D eigenvalue weighted by Gasteiger charge is -2.32. The third-order valence-electron chi connectivity index (χ3n) is 4.99. The highest BCUT2D eigenvalue weighted by Crippen LogP contribution is 2.40. The van der Waals surface area contributed by atoms with Gasteiger partial charge in [0.05, 0.1) is 0 Å². The van der Waals surface area contributed by atoms with Crippen LogP contribution in [0.4, 0.5) is 0 Å². The molecule has 1 saturated heterocycles. The summed E-state index contributed by atoms with van der Waals surface area (Å²) >= 11 is 0. The number of carbonyl (C=O) groups is 2. The van der Waals surface area contributed by atoms with Gasteiger partial charge in [-0.15, -0.1) is 0 Å². The standard InChI is InChI=1S/C16H21N3O4/c1-2-18-14(20)8-7-11(17-18)15(21)19-12-6-4-3-5-10(12)9-13(19)16(22)23/h7-8,10,12-13H,2-6,9H2,1H3,(H,22,23)/t10-,12+,13-/m0/s1. The lowest BCUT2D eigenvalue weighted by Crippen LogP contribution is -2.46. The number of carboxylic acid groups (broad SMARTS) is 1. The topological polar surface area (TPSA) is 92.5 Å². The maximum atomic E-state index is 12.9. The lowest BCUT2D eigenvalue weighted by atomic mass is 9.84. The first kappa shape index (κ1) is 15.7. The summed E-state index contributed by atoms with van der Waals surface area (Å²) < 4.78 is 1.22. The van der Waals surface area contributed by atoms with Crippen LogP contribution in [-0.2, 0) is 11.3 Å². The van der Waals surface area contributed by atoms with Crippen molar-refractivity contribution in [2.75, 3.05) is 0 Å². The van der Waals surface area contributed by atoms with Crippen molar-refractivity contribution in [3.05, 3.63) is 28.2 Å². The van der Waals surface area contributed by atoms with Crippen LogP contribution in [0.1, 0.15) is 49.5 Å². The maximum absolute atomic E-state index is 12.9. The van der Waals surface area contributed by atoms with Crippen LogP contribution in [0.15, 0.2) is 16.9 Å². The fourth-order valence-corrected chi connectivity index (χ4v) is 3.89. The van der Waals surface area contributed by atoms with E-state index in [4.69, 9.17) is 0 Å². The number of aromatic nitrogens is 2. The Morgan fingerprint density at radius 2 is 2.04 bits per heavy atom. The van der Waals surface area contributed by atoms with Gasteiger partial charge in [0.15, 0.2) is 0 Å². The van der Waals surface area contributed by atoms with Crippen LogP contribution in [0.2, 0.25) is 0 Å². The molecule has 1 aliphatic heterocycles. The summed E-state index contributed by atoms with van der Waals surface area (Å²) in [7, 11) is 0. The molecule has 2 aliphatic rings. The predicted octanol–water partition coefficient (Wildman–Crippen LogP) is 1.12. The molecule has 2 fully saturated rings. The maximum Gasteiger partial charge on any atom is 0.326 e. The number of carbonyl (C=O) groups excluding carboxylic acids is 1. The minimum absolute atomic E-state index is 0.0267. The smallest absolute Gasteiger partial charge is 0.326 e. The van der Waals surface area contributed by atoms with E-state index in [1.165, 1.54) is 21.7 Å². The second-order valence-corrected chi connectivity index (χ2v) is 6.29. The van der Waals surface area contributed by atoms with E-state index >= 15 is 0 Å². The largest absolute Gasteiger partial charge is 0.480 e. The predicted molar refractivity (Wildman–Crippen MR) is 82.1 cm³/mol. The lowest BCUT2D eigenvalue weighted by molar-refractivity contribution is -0.141. The normalized spacial score (nSPS) is 26.8. The van der Waals surface area contributed by atoms with Crippen LogP contribution >= 0.6 is 0 Å². The molecule has 0 bridgehead atoms. The molecule has 0 unspecified atom stereocenters. The van der Waals surface area contributed by atoms with E-state index in [9.17, 15) is 19.5 Å². The molecule has 2 heterocycles. The van der Waals surface area contributed by atoms with E-state index in [2.05, 4.69) is 5.10 Å². The molecule has 1 N–H and O–H groups in total. The molecular weight excluding hydrogens is 298 g/mol. The van der Waals surface area contributed by atoms with Gasteiger partial charge in [-0.2, -0.15) is 5.10 Å². The first-order chi connectivity index (χ1) is 11.0. The number of carboxylic acids is 1. The van der Waals surface area contributed by atoms with Gasteiger partial charge in [-0.1, -0.05) is 12.8 Å². The third kappa shape index (κ3) is 2.75. The second kappa shape index (κ2) is 6.14. The van der Waals surface area contributed by atoms with Crippen LogP contribution < -0.4 is 5.56 Å². The van der Waals surface area contributed by atoms with E-state index in [0.717, 1.165) is 25.7 Å². The van der Waals surface area contributed by atoms with Crippen molar-refractivity contribution in [2.45, 2.75) is 57.7 Å². The molecule has 1 aromatic rings. The van der Waals surface area contributed by atoms with Crippen molar-refractivity contribution in [3.8, 4) is 0 Å². The van der Waals surface area contributed by atoms with Gasteiger partial charge in [0.25, 0.3) is 11.5 Å². The highest BCUT2D eigenvalue weighted by molar-refractivity contribution is 5.95. The molecule has 1 amide bonds. The van der Waals surface area contributed by atoms with E-state index < -0.39 is 12.0 Å². The second-order valence-electron chi connectivity index (χ2n) is 6.29. The molecule has 124 valence electrons. The third-order valence-corrected chi connectivity index (χ3v) is 4.99. The number of hydrogen-bond donors (Lipinski definition) is 1. The Morgan fingerprint density at radius 1 is 1.30 bits per heavy atom. The molecule has 1 aromatic heterocycles. The zero-order valence-corrected chi connectivity index (χ0v) is 13.1. The van der Waals surface area contributed by atoms with E-state index in [0.29, 0.717) is 13.0 Å². The fourth-order valence-electron chi connectivity index (χ4n) is 3.89. The van der Waals surface area contributed by atoms with Gasteiger partial charge in [0, 0.05) is 18.7 Å². The van der Waals surface area contributed by atoms with Crippen molar-refractivity contribution < 1.29 is 14.7 Å². The Labute approximate surface area is 133 Å². The van der Waals surface area contributed by atoms with Crippen molar-refractivity contribution >= 4 is 11.9 Å². The average Bonchev–Trinajstić information content (AvgIpc) is 2.94. The highest BCUT2D eigenvalue weighted by atomic mass is 16.4. The van der Waals surface area contributed by atoms with Gasteiger partial charge in [0.1, 0.15) is 11.7 Å². The number of aryl methyl sites for hydroxylation is 1. The Balaban J connectivity index is 1.95. The number of fused-ring (bicyclic) bond motifs is 1. The van der Waals surface area contributed by atoms with Crippen molar-refractivity contribution in [3.63, 3.8) is 0 Å². The van der Waals surface area contributed by atoms with Crippen LogP contribution in [0.25, 0.3) is 0 Å². The van der Waals surface area contributed by atoms with Gasteiger partial charge in [-0.05, 0) is 38.2 Å². The molecule has 23 heavy (non-hydrogen) atoms. The van der Waals surface area contributed by atoms with E-state index in [1.54, 1.807) is 6.92 Å². The number of hydrogen-bond acceptors (Lipinski definition) is 4. The fraction of sp³-hybridized carbons (Fsp3) is 0.625. The van der Waals surface area contributed by atoms with Crippen molar-refractivity contribution in [2.24, 2.45) is 5.92 Å². The number of nitrogens with zero attached hydrogens (tertiary/aromatic N) is 3. The summed E-state index contributed by atoms with van der Waals surface area (Å²) in [5.74, 6) is -1.09. The quantitative estimate of drug-likeness (QED) is 0.901. The van der Waals surface area contributed by atoms with Gasteiger partial charge < -0.3 is 10.0 Å². The van der Waals surface area contributed by atoms with Crippen LogP contribution in [-0.4, -0.2) is 43.7 Å². The Hall–Kier alpha value is -2.18. The molecule has 0 spiro atoms. The molecule has 7 nitrogen and oxygen atoms in total. The summed E-state index contributed by atoms with van der Waals surface area (Å²) in [6, 6.07) is 1.89. The number of likely N-dealkylation sites (tertiary alicyclic amines) is 1. The molecule has 0 aromatic carbocycles. The molecular formula is C16H21N3O4. The Morgan fingerprint density at radius 3 is 2.74 bits per heavy atom. The molecule has 1 aliphatic carbocycles. The average molecular weight is 319 g/mol. The van der Waals surface area contributed by atoms with Crippen LogP contribution in [0.3, 0.4) is 0 Å². The minimum Gasteiger partial charge on any atom is -0.480 e. The van der Waals surface area contributed by atoms with Crippen molar-refractivity contribution in [1.82, 2.24) is 14.7 Å². The summed E-state index contributed by atoms with van der Waals surface area (Å²) in [6.07, 6.45) is 4.43. The highest BCUT2D eigenvalue weighted by Gasteiger charge is 2.48. The Kier molecular flexibility index (Phi) is 4.19. The minimum atomic E-state index is -0.962. The molecule has 7 heteroatoms. The molecule has 3 atom stereocenters. The van der Waals surface area contributed by atoms with Crippen LogP contribution in [0.5, 0.6) is 0 Å².